The Hall–Kier alpha value is -3.42. The van der Waals surface area contributed by atoms with E-state index in [9.17, 15) is 9.59 Å². The van der Waals surface area contributed by atoms with Gasteiger partial charge in [-0.25, -0.2) is 4.79 Å². The second-order valence-corrected chi connectivity index (χ2v) is 9.40. The molecule has 2 unspecified atom stereocenters. The minimum absolute atomic E-state index is 0.227. The number of carbonyl (C=O) groups is 2. The van der Waals surface area contributed by atoms with Crippen molar-refractivity contribution in [2.45, 2.75) is 38.7 Å². The third-order valence-corrected chi connectivity index (χ3v) is 5.65. The van der Waals surface area contributed by atoms with Crippen LogP contribution in [0.3, 0.4) is 0 Å². The van der Waals surface area contributed by atoms with Crippen LogP contribution in [-0.4, -0.2) is 63.1 Å². The standard InChI is InChI=1S/C27H35NO7/c1-27(2,3)35-26(30)28-17-21(22(18-28)25(29)32-5)19-12-13-23(31-4)24(16-19)34-15-9-14-33-20-10-7-6-8-11-20/h6-8,10-13,16,21-22H,9,14-15,17-18H2,1-5H3. The highest BCUT2D eigenvalue weighted by Gasteiger charge is 2.42. The van der Waals surface area contributed by atoms with Crippen molar-refractivity contribution in [3.05, 3.63) is 54.1 Å². The number of hydrogen-bond acceptors (Lipinski definition) is 7. The summed E-state index contributed by atoms with van der Waals surface area (Å²) in [5.74, 6) is 0.852. The van der Waals surface area contributed by atoms with Crippen LogP contribution in [0.4, 0.5) is 4.79 Å². The molecule has 1 aliphatic heterocycles. The van der Waals surface area contributed by atoms with Gasteiger partial charge < -0.3 is 28.6 Å². The number of likely N-dealkylation sites (tertiary alicyclic amines) is 1. The molecule has 8 nitrogen and oxygen atoms in total. The predicted octanol–water partition coefficient (Wildman–Crippen LogP) is 4.67. The first kappa shape index (κ1) is 26.2. The van der Waals surface area contributed by atoms with Crippen LogP contribution in [0.1, 0.15) is 38.7 Å². The van der Waals surface area contributed by atoms with Gasteiger partial charge in [-0.1, -0.05) is 24.3 Å². The van der Waals surface area contributed by atoms with Crippen molar-refractivity contribution >= 4 is 12.1 Å². The molecule has 1 heterocycles. The lowest BCUT2D eigenvalue weighted by Gasteiger charge is -2.24. The fourth-order valence-corrected chi connectivity index (χ4v) is 3.99. The quantitative estimate of drug-likeness (QED) is 0.377. The second kappa shape index (κ2) is 11.8. The molecule has 0 saturated carbocycles. The molecule has 2 aromatic carbocycles. The molecule has 8 heteroatoms. The monoisotopic (exact) mass is 485 g/mol. The zero-order valence-corrected chi connectivity index (χ0v) is 21.1. The largest absolute Gasteiger partial charge is 0.493 e. The van der Waals surface area contributed by atoms with Gasteiger partial charge in [0.2, 0.25) is 0 Å². The molecule has 2 atom stereocenters. The highest BCUT2D eigenvalue weighted by molar-refractivity contribution is 5.77. The van der Waals surface area contributed by atoms with Crippen LogP contribution in [0, 0.1) is 5.92 Å². The number of hydrogen-bond donors (Lipinski definition) is 0. The maximum atomic E-state index is 12.7. The van der Waals surface area contributed by atoms with Crippen LogP contribution in [0.25, 0.3) is 0 Å². The van der Waals surface area contributed by atoms with Crippen molar-refractivity contribution in [2.24, 2.45) is 5.92 Å². The minimum Gasteiger partial charge on any atom is -0.493 e. The molecular weight excluding hydrogens is 450 g/mol. The van der Waals surface area contributed by atoms with Gasteiger partial charge in [-0.2, -0.15) is 0 Å². The number of methoxy groups -OCH3 is 2. The van der Waals surface area contributed by atoms with Gasteiger partial charge >= 0.3 is 12.1 Å². The van der Waals surface area contributed by atoms with Crippen molar-refractivity contribution in [3.63, 3.8) is 0 Å². The Morgan fingerprint density at radius 2 is 1.66 bits per heavy atom. The van der Waals surface area contributed by atoms with Crippen molar-refractivity contribution in [3.8, 4) is 17.2 Å². The van der Waals surface area contributed by atoms with Crippen LogP contribution < -0.4 is 14.2 Å². The maximum absolute atomic E-state index is 12.7. The SMILES string of the molecule is COC(=O)C1CN(C(=O)OC(C)(C)C)CC1c1ccc(OC)c(OCCCOc2ccccc2)c1. The van der Waals surface area contributed by atoms with E-state index in [1.165, 1.54) is 7.11 Å². The van der Waals surface area contributed by atoms with Crippen molar-refractivity contribution in [1.29, 1.82) is 0 Å². The molecule has 0 aromatic heterocycles. The Morgan fingerprint density at radius 1 is 0.943 bits per heavy atom. The first-order valence-electron chi connectivity index (χ1n) is 11.8. The molecular formula is C27H35NO7. The number of nitrogens with zero attached hydrogens (tertiary/aromatic N) is 1. The summed E-state index contributed by atoms with van der Waals surface area (Å²) in [6, 6.07) is 15.2. The normalized spacial score (nSPS) is 17.6. The van der Waals surface area contributed by atoms with Crippen LogP contribution in [0.2, 0.25) is 0 Å². The Labute approximate surface area is 207 Å². The van der Waals surface area contributed by atoms with Crippen LogP contribution in [0.5, 0.6) is 17.2 Å². The summed E-state index contributed by atoms with van der Waals surface area (Å²) in [7, 11) is 2.94. The molecule has 1 fully saturated rings. The molecule has 2 aromatic rings. The number of carbonyl (C=O) groups excluding carboxylic acids is 2. The van der Waals surface area contributed by atoms with Crippen LogP contribution >= 0.6 is 0 Å². The molecule has 3 rings (SSSR count). The van der Waals surface area contributed by atoms with Gasteiger partial charge in [0, 0.05) is 25.4 Å². The Balaban J connectivity index is 1.69. The molecule has 0 spiro atoms. The number of amides is 1. The highest BCUT2D eigenvalue weighted by atomic mass is 16.6. The highest BCUT2D eigenvalue weighted by Crippen LogP contribution is 2.38. The Bertz CT molecular complexity index is 987. The lowest BCUT2D eigenvalue weighted by Crippen LogP contribution is -2.36. The second-order valence-electron chi connectivity index (χ2n) is 9.40. The lowest BCUT2D eigenvalue weighted by molar-refractivity contribution is -0.145. The Morgan fingerprint density at radius 3 is 2.31 bits per heavy atom. The van der Waals surface area contributed by atoms with Crippen LogP contribution in [-0.2, 0) is 14.3 Å². The average Bonchev–Trinajstić information content (AvgIpc) is 3.29. The van der Waals surface area contributed by atoms with E-state index in [0.717, 1.165) is 11.3 Å². The van der Waals surface area contributed by atoms with E-state index in [-0.39, 0.29) is 18.4 Å². The van der Waals surface area contributed by atoms with Gasteiger partial charge in [-0.05, 0) is 50.6 Å². The Kier molecular flexibility index (Phi) is 8.84. The molecule has 0 bridgehead atoms. The number of esters is 1. The molecule has 0 N–H and O–H groups in total. The molecule has 0 aliphatic carbocycles. The smallest absolute Gasteiger partial charge is 0.410 e. The third kappa shape index (κ3) is 7.28. The minimum atomic E-state index is -0.624. The summed E-state index contributed by atoms with van der Waals surface area (Å²) >= 11 is 0. The summed E-state index contributed by atoms with van der Waals surface area (Å²) in [5.41, 5.74) is 0.240. The predicted molar refractivity (Wildman–Crippen MR) is 131 cm³/mol. The molecule has 1 saturated heterocycles. The number of para-hydroxylation sites is 1. The van der Waals surface area contributed by atoms with E-state index in [0.29, 0.717) is 37.7 Å². The van der Waals surface area contributed by atoms with Crippen molar-refractivity contribution in [1.82, 2.24) is 4.90 Å². The molecule has 1 aliphatic rings. The van der Waals surface area contributed by atoms with E-state index in [1.807, 2.05) is 69.3 Å². The lowest BCUT2D eigenvalue weighted by atomic mass is 9.89. The van der Waals surface area contributed by atoms with Gasteiger partial charge in [0.15, 0.2) is 11.5 Å². The van der Waals surface area contributed by atoms with Gasteiger partial charge in [-0.15, -0.1) is 0 Å². The van der Waals surface area contributed by atoms with Crippen molar-refractivity contribution in [2.75, 3.05) is 40.5 Å². The fraction of sp³-hybridized carbons (Fsp3) is 0.481. The van der Waals surface area contributed by atoms with E-state index in [1.54, 1.807) is 12.0 Å². The third-order valence-electron chi connectivity index (χ3n) is 5.65. The van der Waals surface area contributed by atoms with E-state index in [4.69, 9.17) is 23.7 Å². The molecule has 1 amide bonds. The molecule has 35 heavy (non-hydrogen) atoms. The first-order chi connectivity index (χ1) is 16.7. The fourth-order valence-electron chi connectivity index (χ4n) is 3.99. The number of rotatable bonds is 9. The molecule has 0 radical (unpaired) electrons. The van der Waals surface area contributed by atoms with E-state index in [2.05, 4.69) is 0 Å². The molecule has 190 valence electrons. The van der Waals surface area contributed by atoms with E-state index >= 15 is 0 Å². The topological polar surface area (TPSA) is 83.5 Å². The van der Waals surface area contributed by atoms with Gasteiger partial charge in [0.25, 0.3) is 0 Å². The zero-order chi connectivity index (χ0) is 25.4. The summed E-state index contributed by atoms with van der Waals surface area (Å²) < 4.78 is 27.7. The average molecular weight is 486 g/mol. The summed E-state index contributed by atoms with van der Waals surface area (Å²) in [6.07, 6.45) is 0.237. The summed E-state index contributed by atoms with van der Waals surface area (Å²) in [4.78, 5) is 26.8. The zero-order valence-electron chi connectivity index (χ0n) is 21.1. The van der Waals surface area contributed by atoms with Crippen LogP contribution in [0.15, 0.2) is 48.5 Å². The number of ether oxygens (including phenoxy) is 5. The van der Waals surface area contributed by atoms with Gasteiger partial charge in [0.05, 0.1) is 33.4 Å². The van der Waals surface area contributed by atoms with Crippen molar-refractivity contribution < 1.29 is 33.3 Å². The van der Waals surface area contributed by atoms with E-state index < -0.39 is 17.6 Å². The first-order valence-corrected chi connectivity index (χ1v) is 11.8. The summed E-state index contributed by atoms with van der Waals surface area (Å²) in [5, 5.41) is 0. The van der Waals surface area contributed by atoms with Gasteiger partial charge in [-0.3, -0.25) is 4.79 Å². The number of benzene rings is 2. The summed E-state index contributed by atoms with van der Waals surface area (Å²) in [6.45, 7) is 6.96. The van der Waals surface area contributed by atoms with Gasteiger partial charge in [0.1, 0.15) is 11.4 Å². The maximum Gasteiger partial charge on any atom is 0.410 e.